The van der Waals surface area contributed by atoms with Crippen molar-refractivity contribution in [2.24, 2.45) is 0 Å². The molecule has 5 heteroatoms. The third kappa shape index (κ3) is 2.55. The van der Waals surface area contributed by atoms with E-state index in [0.29, 0.717) is 5.56 Å². The molecular formula is C18H15N3O2. The molecule has 2 aromatic rings. The summed E-state index contributed by atoms with van der Waals surface area (Å²) in [5, 5.41) is 11.7. The maximum Gasteiger partial charge on any atom is 0.325 e. The van der Waals surface area contributed by atoms with Crippen molar-refractivity contribution in [1.29, 1.82) is 5.26 Å². The standard InChI is InChI=1S/C18H15N3O2/c1-18(15-8-3-2-4-9-15)16(22)21(17(23)20-18)12-14-7-5-6-13(10-14)11-19/h2-10H,12H2,1H3,(H,20,23)/t18-/m0/s1. The van der Waals surface area contributed by atoms with Crippen molar-refractivity contribution in [3.05, 3.63) is 71.3 Å². The van der Waals surface area contributed by atoms with Gasteiger partial charge in [0, 0.05) is 0 Å². The molecule has 2 aromatic carbocycles. The Hall–Kier alpha value is -3.13. The number of hydrogen-bond acceptors (Lipinski definition) is 3. The molecule has 114 valence electrons. The van der Waals surface area contributed by atoms with E-state index in [4.69, 9.17) is 5.26 Å². The molecule has 1 N–H and O–H groups in total. The maximum atomic E-state index is 12.8. The molecule has 5 nitrogen and oxygen atoms in total. The van der Waals surface area contributed by atoms with Gasteiger partial charge in [0.25, 0.3) is 5.91 Å². The number of benzene rings is 2. The minimum atomic E-state index is -1.06. The van der Waals surface area contributed by atoms with Crippen LogP contribution in [-0.4, -0.2) is 16.8 Å². The van der Waals surface area contributed by atoms with Crippen molar-refractivity contribution in [1.82, 2.24) is 10.2 Å². The number of nitriles is 1. The molecule has 0 saturated carbocycles. The first-order valence-corrected chi connectivity index (χ1v) is 7.23. The first-order valence-electron chi connectivity index (χ1n) is 7.23. The molecule has 0 aliphatic carbocycles. The van der Waals surface area contributed by atoms with Crippen LogP contribution in [0.1, 0.15) is 23.6 Å². The van der Waals surface area contributed by atoms with Gasteiger partial charge in [-0.2, -0.15) is 5.26 Å². The van der Waals surface area contributed by atoms with Gasteiger partial charge in [-0.1, -0.05) is 42.5 Å². The van der Waals surface area contributed by atoms with Gasteiger partial charge < -0.3 is 5.32 Å². The summed E-state index contributed by atoms with van der Waals surface area (Å²) < 4.78 is 0. The average molecular weight is 305 g/mol. The second kappa shape index (κ2) is 5.58. The van der Waals surface area contributed by atoms with Crippen molar-refractivity contribution >= 4 is 11.9 Å². The van der Waals surface area contributed by atoms with E-state index in [1.165, 1.54) is 4.90 Å². The lowest BCUT2D eigenvalue weighted by molar-refractivity contribution is -0.131. The molecule has 3 amide bonds. The Kier molecular flexibility index (Phi) is 3.59. The highest BCUT2D eigenvalue weighted by molar-refractivity contribution is 6.07. The van der Waals surface area contributed by atoms with E-state index >= 15 is 0 Å². The van der Waals surface area contributed by atoms with Gasteiger partial charge in [-0.3, -0.25) is 9.69 Å². The van der Waals surface area contributed by atoms with Crippen LogP contribution in [0.15, 0.2) is 54.6 Å². The smallest absolute Gasteiger partial charge is 0.319 e. The highest BCUT2D eigenvalue weighted by atomic mass is 16.2. The quantitative estimate of drug-likeness (QED) is 0.886. The fourth-order valence-corrected chi connectivity index (χ4v) is 2.73. The number of nitrogens with zero attached hydrogens (tertiary/aromatic N) is 2. The second-order valence-electron chi connectivity index (χ2n) is 5.62. The minimum absolute atomic E-state index is 0.141. The SMILES string of the molecule is C[C@@]1(c2ccccc2)NC(=O)N(Cc2cccc(C#N)c2)C1=O. The van der Waals surface area contributed by atoms with Crippen molar-refractivity contribution in [2.45, 2.75) is 19.0 Å². The number of urea groups is 1. The van der Waals surface area contributed by atoms with E-state index in [1.807, 2.05) is 30.3 Å². The van der Waals surface area contributed by atoms with E-state index in [0.717, 1.165) is 11.1 Å². The molecule has 0 spiro atoms. The first kappa shape index (κ1) is 14.8. The fourth-order valence-electron chi connectivity index (χ4n) is 2.73. The van der Waals surface area contributed by atoms with Crippen LogP contribution in [0.2, 0.25) is 0 Å². The maximum absolute atomic E-state index is 12.8. The number of nitrogens with one attached hydrogen (secondary N) is 1. The van der Waals surface area contributed by atoms with Gasteiger partial charge in [0.2, 0.25) is 0 Å². The Labute approximate surface area is 134 Å². The van der Waals surface area contributed by atoms with Gasteiger partial charge in [0.1, 0.15) is 5.54 Å². The van der Waals surface area contributed by atoms with Gasteiger partial charge in [-0.05, 0) is 30.2 Å². The molecule has 0 bridgehead atoms. The lowest BCUT2D eigenvalue weighted by Crippen LogP contribution is -2.40. The zero-order valence-corrected chi connectivity index (χ0v) is 12.6. The molecule has 1 atom stereocenters. The highest BCUT2D eigenvalue weighted by Crippen LogP contribution is 2.29. The van der Waals surface area contributed by atoms with Crippen LogP contribution in [0.25, 0.3) is 0 Å². The lowest BCUT2D eigenvalue weighted by atomic mass is 9.92. The number of rotatable bonds is 3. The summed E-state index contributed by atoms with van der Waals surface area (Å²) >= 11 is 0. The van der Waals surface area contributed by atoms with E-state index < -0.39 is 11.6 Å². The molecular weight excluding hydrogens is 290 g/mol. The molecule has 23 heavy (non-hydrogen) atoms. The Bertz CT molecular complexity index is 811. The minimum Gasteiger partial charge on any atom is -0.319 e. The van der Waals surface area contributed by atoms with Gasteiger partial charge >= 0.3 is 6.03 Å². The molecule has 1 heterocycles. The third-order valence-corrected chi connectivity index (χ3v) is 4.02. The van der Waals surface area contributed by atoms with Crippen LogP contribution in [0.3, 0.4) is 0 Å². The number of amides is 3. The average Bonchev–Trinajstić information content (AvgIpc) is 2.80. The van der Waals surface area contributed by atoms with Crippen LogP contribution in [0.4, 0.5) is 4.79 Å². The topological polar surface area (TPSA) is 73.2 Å². The van der Waals surface area contributed by atoms with E-state index in [9.17, 15) is 9.59 Å². The van der Waals surface area contributed by atoms with Crippen molar-refractivity contribution in [2.75, 3.05) is 0 Å². The van der Waals surface area contributed by atoms with Gasteiger partial charge in [-0.15, -0.1) is 0 Å². The number of imide groups is 1. The highest BCUT2D eigenvalue weighted by Gasteiger charge is 2.48. The van der Waals surface area contributed by atoms with Crippen molar-refractivity contribution < 1.29 is 9.59 Å². The normalized spacial score (nSPS) is 20.3. The molecule has 0 unspecified atom stereocenters. The Balaban J connectivity index is 1.89. The Morgan fingerprint density at radius 2 is 1.87 bits per heavy atom. The van der Waals surface area contributed by atoms with Crippen LogP contribution >= 0.6 is 0 Å². The van der Waals surface area contributed by atoms with Crippen molar-refractivity contribution in [3.63, 3.8) is 0 Å². The summed E-state index contributed by atoms with van der Waals surface area (Å²) in [6, 6.07) is 17.7. The van der Waals surface area contributed by atoms with E-state index in [2.05, 4.69) is 11.4 Å². The van der Waals surface area contributed by atoms with E-state index in [1.54, 1.807) is 31.2 Å². The summed E-state index contributed by atoms with van der Waals surface area (Å²) in [5.41, 5.74) is 0.919. The summed E-state index contributed by atoms with van der Waals surface area (Å²) in [4.78, 5) is 26.2. The second-order valence-corrected chi connectivity index (χ2v) is 5.62. The fraction of sp³-hybridized carbons (Fsp3) is 0.167. The molecule has 1 fully saturated rings. The number of hydrogen-bond donors (Lipinski definition) is 1. The summed E-state index contributed by atoms with van der Waals surface area (Å²) in [6.45, 7) is 1.84. The third-order valence-electron chi connectivity index (χ3n) is 4.02. The monoisotopic (exact) mass is 305 g/mol. The van der Waals surface area contributed by atoms with Gasteiger partial charge in [0.15, 0.2) is 0 Å². The summed E-state index contributed by atoms with van der Waals surface area (Å²) in [7, 11) is 0. The van der Waals surface area contributed by atoms with Crippen LogP contribution in [-0.2, 0) is 16.9 Å². The van der Waals surface area contributed by atoms with Crippen molar-refractivity contribution in [3.8, 4) is 6.07 Å². The van der Waals surface area contributed by atoms with Gasteiger partial charge in [-0.25, -0.2) is 4.79 Å². The summed E-state index contributed by atoms with van der Waals surface area (Å²) in [5.74, 6) is -0.295. The lowest BCUT2D eigenvalue weighted by Gasteiger charge is -2.22. The molecule has 3 rings (SSSR count). The Morgan fingerprint density at radius 3 is 2.57 bits per heavy atom. The zero-order valence-electron chi connectivity index (χ0n) is 12.6. The van der Waals surface area contributed by atoms with Crippen LogP contribution < -0.4 is 5.32 Å². The zero-order chi connectivity index (χ0) is 16.4. The largest absolute Gasteiger partial charge is 0.325 e. The molecule has 1 aliphatic heterocycles. The molecule has 1 saturated heterocycles. The Morgan fingerprint density at radius 1 is 1.13 bits per heavy atom. The van der Waals surface area contributed by atoms with Crippen LogP contribution in [0, 0.1) is 11.3 Å². The molecule has 0 radical (unpaired) electrons. The molecule has 1 aliphatic rings. The predicted molar refractivity (Wildman–Crippen MR) is 84.0 cm³/mol. The van der Waals surface area contributed by atoms with E-state index in [-0.39, 0.29) is 12.5 Å². The van der Waals surface area contributed by atoms with Crippen LogP contribution in [0.5, 0.6) is 0 Å². The number of carbonyl (C=O) groups is 2. The number of carbonyl (C=O) groups excluding carboxylic acids is 2. The first-order chi connectivity index (χ1) is 11.0. The van der Waals surface area contributed by atoms with Gasteiger partial charge in [0.05, 0.1) is 18.2 Å². The predicted octanol–water partition coefficient (Wildman–Crippen LogP) is 2.53. The molecule has 0 aromatic heterocycles. The summed E-state index contributed by atoms with van der Waals surface area (Å²) in [6.07, 6.45) is 0.